The monoisotopic (exact) mass is 347 g/mol. The molecule has 134 valence electrons. The maximum absolute atomic E-state index is 5.84. The Labute approximate surface area is 154 Å². The van der Waals surface area contributed by atoms with Gasteiger partial charge in [-0.05, 0) is 48.6 Å². The summed E-state index contributed by atoms with van der Waals surface area (Å²) in [7, 11) is 1.98. The average molecular weight is 347 g/mol. The number of hydrogen-bond donors (Lipinski definition) is 1. The van der Waals surface area contributed by atoms with Crippen molar-refractivity contribution in [2.24, 2.45) is 7.05 Å². The summed E-state index contributed by atoms with van der Waals surface area (Å²) in [5.41, 5.74) is 4.21. The van der Waals surface area contributed by atoms with Gasteiger partial charge in [-0.25, -0.2) is 4.98 Å². The fourth-order valence-corrected chi connectivity index (χ4v) is 3.66. The largest absolute Gasteiger partial charge is 0.486 e. The number of rotatable bonds is 6. The molecule has 0 saturated heterocycles. The molecule has 1 aromatic heterocycles. The van der Waals surface area contributed by atoms with Crippen molar-refractivity contribution in [1.82, 2.24) is 14.9 Å². The van der Waals surface area contributed by atoms with Crippen LogP contribution in [0.15, 0.2) is 60.9 Å². The van der Waals surface area contributed by atoms with Crippen molar-refractivity contribution >= 4 is 0 Å². The number of imidazole rings is 1. The number of fused-ring (bicyclic) bond motifs is 1. The van der Waals surface area contributed by atoms with Crippen LogP contribution in [0.25, 0.3) is 0 Å². The third-order valence-corrected chi connectivity index (χ3v) is 5.25. The molecule has 0 bridgehead atoms. The molecule has 1 heterocycles. The van der Waals surface area contributed by atoms with E-state index >= 15 is 0 Å². The molecule has 0 saturated carbocycles. The van der Waals surface area contributed by atoms with Gasteiger partial charge >= 0.3 is 0 Å². The number of aryl methyl sites for hydroxylation is 2. The second kappa shape index (κ2) is 7.34. The van der Waals surface area contributed by atoms with Crippen LogP contribution in [0.3, 0.4) is 0 Å². The first kappa shape index (κ1) is 16.9. The third kappa shape index (κ3) is 3.51. The highest BCUT2D eigenvalue weighted by Gasteiger charge is 2.23. The van der Waals surface area contributed by atoms with Crippen LogP contribution in [-0.2, 0) is 20.1 Å². The first-order chi connectivity index (χ1) is 12.7. The molecule has 4 rings (SSSR count). The number of aromatic nitrogens is 2. The van der Waals surface area contributed by atoms with E-state index in [2.05, 4.69) is 53.6 Å². The van der Waals surface area contributed by atoms with Crippen LogP contribution in [0.5, 0.6) is 5.75 Å². The van der Waals surface area contributed by atoms with E-state index in [0.717, 1.165) is 11.6 Å². The zero-order chi connectivity index (χ0) is 17.9. The van der Waals surface area contributed by atoms with Crippen LogP contribution in [0.4, 0.5) is 0 Å². The predicted molar refractivity (Wildman–Crippen MR) is 103 cm³/mol. The van der Waals surface area contributed by atoms with Gasteiger partial charge in [-0.2, -0.15) is 0 Å². The molecule has 0 fully saturated rings. The lowest BCUT2D eigenvalue weighted by Gasteiger charge is -2.21. The highest BCUT2D eigenvalue weighted by atomic mass is 16.5. The summed E-state index contributed by atoms with van der Waals surface area (Å²) in [6.45, 7) is 2.71. The molecule has 2 aromatic carbocycles. The van der Waals surface area contributed by atoms with Gasteiger partial charge < -0.3 is 14.6 Å². The molecular formula is C22H25N3O. The molecule has 1 aliphatic carbocycles. The van der Waals surface area contributed by atoms with Crippen LogP contribution in [0, 0.1) is 0 Å². The lowest BCUT2D eigenvalue weighted by atomic mass is 10.0. The summed E-state index contributed by atoms with van der Waals surface area (Å²) in [6.07, 6.45) is 6.06. The Balaban J connectivity index is 1.37. The van der Waals surface area contributed by atoms with Gasteiger partial charge in [0.25, 0.3) is 0 Å². The number of ether oxygens (including phenoxy) is 1. The van der Waals surface area contributed by atoms with Crippen molar-refractivity contribution in [3.05, 3.63) is 83.4 Å². The molecule has 3 aromatic rings. The van der Waals surface area contributed by atoms with E-state index in [1.807, 2.05) is 29.9 Å². The average Bonchev–Trinajstić information content (AvgIpc) is 3.27. The van der Waals surface area contributed by atoms with E-state index in [1.165, 1.54) is 29.5 Å². The summed E-state index contributed by atoms with van der Waals surface area (Å²) < 4.78 is 7.81. The summed E-state index contributed by atoms with van der Waals surface area (Å²) >= 11 is 0. The summed E-state index contributed by atoms with van der Waals surface area (Å²) in [5.74, 6) is 1.79. The molecule has 0 aliphatic heterocycles. The first-order valence-corrected chi connectivity index (χ1v) is 9.23. The van der Waals surface area contributed by atoms with Crippen LogP contribution in [-0.4, -0.2) is 9.55 Å². The number of nitrogens with zero attached hydrogens (tertiary/aromatic N) is 2. The fourth-order valence-electron chi connectivity index (χ4n) is 3.66. The Bertz CT molecular complexity index is 869. The topological polar surface area (TPSA) is 39.1 Å². The second-order valence-corrected chi connectivity index (χ2v) is 6.99. The summed E-state index contributed by atoms with van der Waals surface area (Å²) in [5, 5.41) is 3.78. The zero-order valence-corrected chi connectivity index (χ0v) is 15.4. The van der Waals surface area contributed by atoms with Crippen molar-refractivity contribution in [2.45, 2.75) is 38.5 Å². The molecule has 0 unspecified atom stereocenters. The third-order valence-electron chi connectivity index (χ3n) is 5.25. The van der Waals surface area contributed by atoms with Gasteiger partial charge in [-0.3, -0.25) is 0 Å². The van der Waals surface area contributed by atoms with Crippen LogP contribution in [0.2, 0.25) is 0 Å². The van der Waals surface area contributed by atoms with E-state index in [-0.39, 0.29) is 0 Å². The quantitative estimate of drug-likeness (QED) is 0.721. The minimum atomic E-state index is 0.301. The predicted octanol–water partition coefficient (Wildman–Crippen LogP) is 4.34. The Morgan fingerprint density at radius 1 is 1.19 bits per heavy atom. The molecule has 0 amide bonds. The van der Waals surface area contributed by atoms with Crippen LogP contribution < -0.4 is 10.1 Å². The van der Waals surface area contributed by atoms with E-state index in [0.29, 0.717) is 18.7 Å². The normalized spacial score (nSPS) is 17.1. The number of hydrogen-bond acceptors (Lipinski definition) is 3. The van der Waals surface area contributed by atoms with Gasteiger partial charge in [0.2, 0.25) is 0 Å². The SMILES string of the molecule is C[C@H](N[C@H]1CCc2ccccc21)c1ccc(OCc2nccn2C)cc1. The van der Waals surface area contributed by atoms with Gasteiger partial charge in [-0.15, -0.1) is 0 Å². The molecule has 4 nitrogen and oxygen atoms in total. The smallest absolute Gasteiger partial charge is 0.146 e. The van der Waals surface area contributed by atoms with Gasteiger partial charge in [-0.1, -0.05) is 36.4 Å². The van der Waals surface area contributed by atoms with Crippen molar-refractivity contribution < 1.29 is 4.74 Å². The molecule has 0 radical (unpaired) electrons. The first-order valence-electron chi connectivity index (χ1n) is 9.23. The lowest BCUT2D eigenvalue weighted by Crippen LogP contribution is -2.22. The maximum atomic E-state index is 5.84. The molecule has 0 spiro atoms. The van der Waals surface area contributed by atoms with Gasteiger partial charge in [0.15, 0.2) is 0 Å². The van der Waals surface area contributed by atoms with E-state index in [1.54, 1.807) is 6.20 Å². The van der Waals surface area contributed by atoms with Crippen molar-refractivity contribution in [3.63, 3.8) is 0 Å². The number of benzene rings is 2. The summed E-state index contributed by atoms with van der Waals surface area (Å²) in [6, 6.07) is 17.9. The van der Waals surface area contributed by atoms with Crippen molar-refractivity contribution in [1.29, 1.82) is 0 Å². The molecule has 1 N–H and O–H groups in total. The minimum Gasteiger partial charge on any atom is -0.486 e. The minimum absolute atomic E-state index is 0.301. The van der Waals surface area contributed by atoms with Crippen molar-refractivity contribution in [3.8, 4) is 5.75 Å². The van der Waals surface area contributed by atoms with E-state index < -0.39 is 0 Å². The fraction of sp³-hybridized carbons (Fsp3) is 0.318. The Kier molecular flexibility index (Phi) is 4.76. The van der Waals surface area contributed by atoms with Crippen LogP contribution >= 0.6 is 0 Å². The molecule has 1 aliphatic rings. The highest BCUT2D eigenvalue weighted by Crippen LogP contribution is 2.33. The molecule has 2 atom stereocenters. The van der Waals surface area contributed by atoms with E-state index in [9.17, 15) is 0 Å². The Morgan fingerprint density at radius 3 is 2.77 bits per heavy atom. The zero-order valence-electron chi connectivity index (χ0n) is 15.4. The molecule has 4 heteroatoms. The Hall–Kier alpha value is -2.59. The summed E-state index contributed by atoms with van der Waals surface area (Å²) in [4.78, 5) is 4.28. The van der Waals surface area contributed by atoms with Gasteiger partial charge in [0.05, 0.1) is 0 Å². The van der Waals surface area contributed by atoms with E-state index in [4.69, 9.17) is 4.74 Å². The molecular weight excluding hydrogens is 322 g/mol. The van der Waals surface area contributed by atoms with Gasteiger partial charge in [0, 0.05) is 31.5 Å². The standard InChI is InChI=1S/C22H25N3O/c1-16(24-21-12-9-18-5-3-4-6-20(18)21)17-7-10-19(11-8-17)26-15-22-23-13-14-25(22)2/h3-8,10-11,13-14,16,21,24H,9,12,15H2,1-2H3/t16-,21-/m0/s1. The molecule has 26 heavy (non-hydrogen) atoms. The number of nitrogens with one attached hydrogen (secondary N) is 1. The van der Waals surface area contributed by atoms with Crippen LogP contribution in [0.1, 0.15) is 47.9 Å². The second-order valence-electron chi connectivity index (χ2n) is 6.99. The maximum Gasteiger partial charge on any atom is 0.146 e. The highest BCUT2D eigenvalue weighted by molar-refractivity contribution is 5.35. The Morgan fingerprint density at radius 2 is 2.00 bits per heavy atom. The lowest BCUT2D eigenvalue weighted by molar-refractivity contribution is 0.291. The van der Waals surface area contributed by atoms with Gasteiger partial charge in [0.1, 0.15) is 18.2 Å². The van der Waals surface area contributed by atoms with Crippen molar-refractivity contribution in [2.75, 3.05) is 0 Å².